The summed E-state index contributed by atoms with van der Waals surface area (Å²) in [6, 6.07) is 0. The van der Waals surface area contributed by atoms with Gasteiger partial charge in [0.15, 0.2) is 0 Å². The van der Waals surface area contributed by atoms with Crippen LogP contribution in [-0.4, -0.2) is 48.4 Å². The lowest BCUT2D eigenvalue weighted by Crippen LogP contribution is -2.36. The first-order valence-electron chi connectivity index (χ1n) is 8.05. The zero-order chi connectivity index (χ0) is 15.4. The average Bonchev–Trinajstić information content (AvgIpc) is 2.72. The van der Waals surface area contributed by atoms with Crippen molar-refractivity contribution in [2.24, 2.45) is 11.8 Å². The number of aromatic nitrogens is 2. The van der Waals surface area contributed by atoms with Gasteiger partial charge in [-0.15, -0.1) is 0 Å². The van der Waals surface area contributed by atoms with E-state index in [1.54, 1.807) is 0 Å². The summed E-state index contributed by atoms with van der Waals surface area (Å²) >= 11 is 6.40. The normalized spacial score (nSPS) is 22.0. The van der Waals surface area contributed by atoms with Gasteiger partial charge in [0, 0.05) is 12.5 Å². The van der Waals surface area contributed by atoms with Gasteiger partial charge < -0.3 is 10.2 Å². The molecule has 1 aliphatic carbocycles. The van der Waals surface area contributed by atoms with Gasteiger partial charge in [-0.25, -0.2) is 0 Å². The maximum absolute atomic E-state index is 6.40. The molecule has 1 N–H and O–H groups in total. The maximum atomic E-state index is 6.40. The number of likely N-dealkylation sites (N-methyl/N-ethyl adjacent to an activating group) is 1. The topological polar surface area (TPSA) is 33.1 Å². The van der Waals surface area contributed by atoms with Crippen molar-refractivity contribution in [1.29, 1.82) is 0 Å². The number of nitrogens with one attached hydrogen (secondary N) is 1. The van der Waals surface area contributed by atoms with E-state index in [-0.39, 0.29) is 0 Å². The molecule has 0 spiro atoms. The van der Waals surface area contributed by atoms with Crippen LogP contribution in [0.2, 0.25) is 5.02 Å². The molecule has 1 aromatic rings. The molecular formula is C16H29ClN4. The molecule has 2 atom stereocenters. The Bertz CT molecular complexity index is 441. The Morgan fingerprint density at radius 2 is 2.19 bits per heavy atom. The first kappa shape index (κ1) is 16.8. The molecule has 1 fully saturated rings. The fourth-order valence-electron chi connectivity index (χ4n) is 2.94. The van der Waals surface area contributed by atoms with Gasteiger partial charge in [-0.1, -0.05) is 25.4 Å². The predicted molar refractivity (Wildman–Crippen MR) is 89.0 cm³/mol. The summed E-state index contributed by atoms with van der Waals surface area (Å²) in [5.74, 6) is 1.98. The van der Waals surface area contributed by atoms with Crippen LogP contribution in [0.4, 0.5) is 0 Å². The Kier molecular flexibility index (Phi) is 6.08. The average molecular weight is 313 g/mol. The van der Waals surface area contributed by atoms with Crippen LogP contribution in [0.25, 0.3) is 0 Å². The zero-order valence-corrected chi connectivity index (χ0v) is 14.5. The number of hydrogen-bond acceptors (Lipinski definition) is 3. The minimum Gasteiger partial charge on any atom is -0.316 e. The van der Waals surface area contributed by atoms with Crippen LogP contribution in [-0.2, 0) is 6.54 Å². The van der Waals surface area contributed by atoms with Gasteiger partial charge in [-0.2, -0.15) is 5.10 Å². The molecule has 1 heterocycles. The lowest BCUT2D eigenvalue weighted by atomic mass is 9.71. The number of halogens is 1. The third-order valence-corrected chi connectivity index (χ3v) is 4.61. The minimum absolute atomic E-state index is 0.571. The fraction of sp³-hybridized carbons (Fsp3) is 0.812. The summed E-state index contributed by atoms with van der Waals surface area (Å²) < 4.78 is 2.11. The molecule has 0 saturated heterocycles. The molecule has 2 unspecified atom stereocenters. The van der Waals surface area contributed by atoms with Crippen molar-refractivity contribution in [2.75, 3.05) is 33.7 Å². The van der Waals surface area contributed by atoms with Crippen molar-refractivity contribution in [3.05, 3.63) is 16.9 Å². The van der Waals surface area contributed by atoms with Crippen LogP contribution in [0.3, 0.4) is 0 Å². The summed E-state index contributed by atoms with van der Waals surface area (Å²) in [4.78, 5) is 2.18. The molecular weight excluding hydrogens is 284 g/mol. The molecule has 0 aromatic carbocycles. The number of nitrogens with zero attached hydrogens (tertiary/aromatic N) is 3. The highest BCUT2D eigenvalue weighted by atomic mass is 35.5. The Morgan fingerprint density at radius 3 is 2.76 bits per heavy atom. The van der Waals surface area contributed by atoms with Gasteiger partial charge in [0.05, 0.1) is 23.5 Å². The van der Waals surface area contributed by atoms with Gasteiger partial charge in [-0.05, 0) is 51.9 Å². The standard InChI is InChI=1S/C16H29ClN4/c1-12(2)9-18-10-13-5-6-14(13)16-15(17)11-19-21(16)8-7-20(3)4/h11-14,18H,5-10H2,1-4H3. The first-order valence-corrected chi connectivity index (χ1v) is 8.43. The number of rotatable bonds is 8. The van der Waals surface area contributed by atoms with Crippen molar-refractivity contribution >= 4 is 11.6 Å². The summed E-state index contributed by atoms with van der Waals surface area (Å²) in [7, 11) is 4.18. The molecule has 1 saturated carbocycles. The second-order valence-electron chi connectivity index (χ2n) is 6.90. The van der Waals surface area contributed by atoms with E-state index in [0.29, 0.717) is 17.8 Å². The van der Waals surface area contributed by atoms with Gasteiger partial charge in [0.25, 0.3) is 0 Å². The van der Waals surface area contributed by atoms with Crippen LogP contribution in [0.1, 0.15) is 38.3 Å². The van der Waals surface area contributed by atoms with Gasteiger partial charge >= 0.3 is 0 Å². The molecule has 0 amide bonds. The Balaban J connectivity index is 1.95. The van der Waals surface area contributed by atoms with Crippen LogP contribution in [0, 0.1) is 11.8 Å². The molecule has 0 aliphatic heterocycles. The van der Waals surface area contributed by atoms with Crippen LogP contribution in [0.15, 0.2) is 6.20 Å². The second kappa shape index (κ2) is 7.61. The summed E-state index contributed by atoms with van der Waals surface area (Å²) in [6.07, 6.45) is 4.34. The predicted octanol–water partition coefficient (Wildman–Crippen LogP) is 2.84. The first-order chi connectivity index (χ1) is 9.99. The van der Waals surface area contributed by atoms with Gasteiger partial charge in [0.1, 0.15) is 0 Å². The Hall–Kier alpha value is -0.580. The SMILES string of the molecule is CC(C)CNCC1CCC1c1c(Cl)cnn1CCN(C)C. The highest BCUT2D eigenvalue weighted by Crippen LogP contribution is 2.44. The highest BCUT2D eigenvalue weighted by Gasteiger charge is 2.35. The van der Waals surface area contributed by atoms with Crippen molar-refractivity contribution in [2.45, 2.75) is 39.2 Å². The van der Waals surface area contributed by atoms with Crippen molar-refractivity contribution in [3.8, 4) is 0 Å². The third kappa shape index (κ3) is 4.44. The molecule has 4 nitrogen and oxygen atoms in total. The molecule has 21 heavy (non-hydrogen) atoms. The summed E-state index contributed by atoms with van der Waals surface area (Å²) in [5, 5.41) is 8.90. The highest BCUT2D eigenvalue weighted by molar-refractivity contribution is 6.31. The molecule has 0 bridgehead atoms. The van der Waals surface area contributed by atoms with E-state index in [1.165, 1.54) is 18.5 Å². The van der Waals surface area contributed by atoms with E-state index in [9.17, 15) is 0 Å². The van der Waals surface area contributed by atoms with E-state index in [0.717, 1.165) is 31.2 Å². The monoisotopic (exact) mass is 312 g/mol. The summed E-state index contributed by atoms with van der Waals surface area (Å²) in [6.45, 7) is 8.59. The molecule has 1 aromatic heterocycles. The van der Waals surface area contributed by atoms with E-state index in [2.05, 4.69) is 47.9 Å². The third-order valence-electron chi connectivity index (χ3n) is 4.32. The van der Waals surface area contributed by atoms with Crippen molar-refractivity contribution < 1.29 is 0 Å². The van der Waals surface area contributed by atoms with E-state index in [1.807, 2.05) is 6.20 Å². The second-order valence-corrected chi connectivity index (χ2v) is 7.31. The van der Waals surface area contributed by atoms with Gasteiger partial charge in [0.2, 0.25) is 0 Å². The largest absolute Gasteiger partial charge is 0.316 e. The van der Waals surface area contributed by atoms with Crippen LogP contribution >= 0.6 is 11.6 Å². The molecule has 5 heteroatoms. The maximum Gasteiger partial charge on any atom is 0.0820 e. The Labute approximate surface area is 133 Å². The van der Waals surface area contributed by atoms with Crippen LogP contribution in [0.5, 0.6) is 0 Å². The van der Waals surface area contributed by atoms with E-state index < -0.39 is 0 Å². The number of hydrogen-bond donors (Lipinski definition) is 1. The molecule has 0 radical (unpaired) electrons. The molecule has 2 rings (SSSR count). The zero-order valence-electron chi connectivity index (χ0n) is 13.8. The van der Waals surface area contributed by atoms with E-state index >= 15 is 0 Å². The smallest absolute Gasteiger partial charge is 0.0820 e. The quantitative estimate of drug-likeness (QED) is 0.801. The van der Waals surface area contributed by atoms with Crippen molar-refractivity contribution in [3.63, 3.8) is 0 Å². The van der Waals surface area contributed by atoms with Crippen LogP contribution < -0.4 is 5.32 Å². The lowest BCUT2D eigenvalue weighted by molar-refractivity contribution is 0.229. The fourth-order valence-corrected chi connectivity index (χ4v) is 3.23. The van der Waals surface area contributed by atoms with E-state index in [4.69, 9.17) is 11.6 Å². The lowest BCUT2D eigenvalue weighted by Gasteiger charge is -2.37. The van der Waals surface area contributed by atoms with Gasteiger partial charge in [-0.3, -0.25) is 4.68 Å². The molecule has 1 aliphatic rings. The molecule has 120 valence electrons. The minimum atomic E-state index is 0.571. The summed E-state index contributed by atoms with van der Waals surface area (Å²) in [5.41, 5.74) is 1.25. The van der Waals surface area contributed by atoms with Crippen molar-refractivity contribution in [1.82, 2.24) is 20.0 Å². The Morgan fingerprint density at radius 1 is 1.43 bits per heavy atom.